The highest BCUT2D eigenvalue weighted by atomic mass is 79.9. The standard InChI is InChI=1S/C11H14BrNO3/c1-13(2)6-7-16-9-5-3-4-8(12)10(9)11(14)15/h3-5H,6-7H2,1-2H3,(H,14,15). The Bertz CT molecular complexity index is 379. The first kappa shape index (κ1) is 13.0. The summed E-state index contributed by atoms with van der Waals surface area (Å²) < 4.78 is 5.97. The SMILES string of the molecule is CN(C)CCOc1cccc(Br)c1C(=O)O. The first-order chi connectivity index (χ1) is 7.52. The maximum atomic E-state index is 11.0. The molecule has 1 aromatic rings. The first-order valence-electron chi connectivity index (χ1n) is 4.81. The summed E-state index contributed by atoms with van der Waals surface area (Å²) in [6.07, 6.45) is 0. The lowest BCUT2D eigenvalue weighted by atomic mass is 10.2. The molecule has 1 rings (SSSR count). The molecule has 0 aliphatic heterocycles. The van der Waals surface area contributed by atoms with Gasteiger partial charge in [0.1, 0.15) is 17.9 Å². The smallest absolute Gasteiger partial charge is 0.340 e. The van der Waals surface area contributed by atoms with Gasteiger partial charge in [0.05, 0.1) is 0 Å². The molecule has 0 radical (unpaired) electrons. The largest absolute Gasteiger partial charge is 0.491 e. The molecule has 0 saturated carbocycles. The number of hydrogen-bond donors (Lipinski definition) is 1. The van der Waals surface area contributed by atoms with E-state index in [2.05, 4.69) is 15.9 Å². The molecule has 1 N–H and O–H groups in total. The summed E-state index contributed by atoms with van der Waals surface area (Å²) >= 11 is 3.20. The van der Waals surface area contributed by atoms with Gasteiger partial charge in [-0.05, 0) is 42.2 Å². The predicted molar refractivity (Wildman–Crippen MR) is 65.2 cm³/mol. The molecule has 0 aliphatic rings. The van der Waals surface area contributed by atoms with Crippen molar-refractivity contribution in [1.29, 1.82) is 0 Å². The van der Waals surface area contributed by atoms with E-state index in [4.69, 9.17) is 9.84 Å². The Morgan fingerprint density at radius 3 is 2.75 bits per heavy atom. The average Bonchev–Trinajstić information content (AvgIpc) is 2.16. The van der Waals surface area contributed by atoms with Crippen LogP contribution in [-0.2, 0) is 0 Å². The van der Waals surface area contributed by atoms with Crippen molar-refractivity contribution in [3.05, 3.63) is 28.2 Å². The Balaban J connectivity index is 2.79. The van der Waals surface area contributed by atoms with E-state index in [0.29, 0.717) is 16.8 Å². The van der Waals surface area contributed by atoms with Crippen LogP contribution in [0.25, 0.3) is 0 Å². The van der Waals surface area contributed by atoms with Gasteiger partial charge in [-0.25, -0.2) is 4.79 Å². The Morgan fingerprint density at radius 1 is 1.50 bits per heavy atom. The summed E-state index contributed by atoms with van der Waals surface area (Å²) in [7, 11) is 3.87. The van der Waals surface area contributed by atoms with Crippen LogP contribution in [0, 0.1) is 0 Å². The quantitative estimate of drug-likeness (QED) is 0.901. The summed E-state index contributed by atoms with van der Waals surface area (Å²) in [6.45, 7) is 1.20. The number of halogens is 1. The van der Waals surface area contributed by atoms with E-state index >= 15 is 0 Å². The number of carboxylic acid groups (broad SMARTS) is 1. The summed E-state index contributed by atoms with van der Waals surface area (Å²) in [6, 6.07) is 5.09. The fraction of sp³-hybridized carbons (Fsp3) is 0.364. The maximum absolute atomic E-state index is 11.0. The highest BCUT2D eigenvalue weighted by molar-refractivity contribution is 9.10. The van der Waals surface area contributed by atoms with Crippen molar-refractivity contribution in [2.75, 3.05) is 27.2 Å². The van der Waals surface area contributed by atoms with Crippen molar-refractivity contribution < 1.29 is 14.6 Å². The molecule has 1 aromatic carbocycles. The third-order valence-corrected chi connectivity index (χ3v) is 2.65. The second kappa shape index (κ2) is 5.86. The third-order valence-electron chi connectivity index (χ3n) is 1.99. The predicted octanol–water partition coefficient (Wildman–Crippen LogP) is 2.09. The zero-order valence-electron chi connectivity index (χ0n) is 9.24. The molecule has 0 aromatic heterocycles. The number of aromatic carboxylic acids is 1. The highest BCUT2D eigenvalue weighted by Crippen LogP contribution is 2.26. The molecule has 0 bridgehead atoms. The molecular weight excluding hydrogens is 274 g/mol. The lowest BCUT2D eigenvalue weighted by Gasteiger charge is -2.13. The van der Waals surface area contributed by atoms with Crippen LogP contribution in [0.4, 0.5) is 0 Å². The van der Waals surface area contributed by atoms with Crippen LogP contribution in [0.3, 0.4) is 0 Å². The van der Waals surface area contributed by atoms with Crippen LogP contribution in [0.15, 0.2) is 22.7 Å². The van der Waals surface area contributed by atoms with Crippen molar-refractivity contribution in [3.8, 4) is 5.75 Å². The molecule has 5 heteroatoms. The monoisotopic (exact) mass is 287 g/mol. The van der Waals surface area contributed by atoms with Crippen molar-refractivity contribution in [2.24, 2.45) is 0 Å². The normalized spacial score (nSPS) is 10.5. The van der Waals surface area contributed by atoms with Crippen molar-refractivity contribution >= 4 is 21.9 Å². The van der Waals surface area contributed by atoms with Crippen LogP contribution in [0.2, 0.25) is 0 Å². The summed E-state index contributed by atoms with van der Waals surface area (Å²) in [5.41, 5.74) is 0.168. The second-order valence-corrected chi connectivity index (χ2v) is 4.42. The van der Waals surface area contributed by atoms with Crippen LogP contribution in [-0.4, -0.2) is 43.2 Å². The lowest BCUT2D eigenvalue weighted by Crippen LogP contribution is -2.20. The zero-order chi connectivity index (χ0) is 12.1. The molecule has 0 fully saturated rings. The van der Waals surface area contributed by atoms with Crippen LogP contribution in [0.5, 0.6) is 5.75 Å². The Kier molecular flexibility index (Phi) is 4.76. The minimum Gasteiger partial charge on any atom is -0.491 e. The molecule has 4 nitrogen and oxygen atoms in total. The maximum Gasteiger partial charge on any atom is 0.340 e. The Hall–Kier alpha value is -1.07. The number of rotatable bonds is 5. The Morgan fingerprint density at radius 2 is 2.19 bits per heavy atom. The van der Waals surface area contributed by atoms with Crippen molar-refractivity contribution in [2.45, 2.75) is 0 Å². The van der Waals surface area contributed by atoms with E-state index < -0.39 is 5.97 Å². The molecule has 16 heavy (non-hydrogen) atoms. The molecule has 0 atom stereocenters. The molecule has 0 amide bonds. The van der Waals surface area contributed by atoms with Gasteiger partial charge in [0, 0.05) is 11.0 Å². The zero-order valence-corrected chi connectivity index (χ0v) is 10.8. The van der Waals surface area contributed by atoms with Crippen molar-refractivity contribution in [1.82, 2.24) is 4.90 Å². The van der Waals surface area contributed by atoms with Gasteiger partial charge >= 0.3 is 5.97 Å². The van der Waals surface area contributed by atoms with E-state index in [1.54, 1.807) is 18.2 Å². The third kappa shape index (κ3) is 3.50. The first-order valence-corrected chi connectivity index (χ1v) is 5.61. The number of carbonyl (C=O) groups is 1. The minimum absolute atomic E-state index is 0.168. The fourth-order valence-electron chi connectivity index (χ4n) is 1.17. The molecule has 0 aliphatic carbocycles. The number of ether oxygens (including phenoxy) is 1. The van der Waals surface area contributed by atoms with E-state index in [1.807, 2.05) is 19.0 Å². The fourth-order valence-corrected chi connectivity index (χ4v) is 1.69. The van der Waals surface area contributed by atoms with Crippen molar-refractivity contribution in [3.63, 3.8) is 0 Å². The number of hydrogen-bond acceptors (Lipinski definition) is 3. The van der Waals surface area contributed by atoms with Gasteiger partial charge in [-0.1, -0.05) is 6.07 Å². The van der Waals surface area contributed by atoms with E-state index in [-0.39, 0.29) is 5.56 Å². The number of carboxylic acids is 1. The average molecular weight is 288 g/mol. The van der Waals surface area contributed by atoms with Gasteiger partial charge in [0.2, 0.25) is 0 Å². The minimum atomic E-state index is -0.993. The topological polar surface area (TPSA) is 49.8 Å². The molecule has 88 valence electrons. The van der Waals surface area contributed by atoms with Crippen LogP contribution in [0.1, 0.15) is 10.4 Å². The van der Waals surface area contributed by atoms with E-state index in [9.17, 15) is 4.79 Å². The molecule has 0 unspecified atom stereocenters. The lowest BCUT2D eigenvalue weighted by molar-refractivity contribution is 0.0691. The van der Waals surface area contributed by atoms with Crippen LogP contribution >= 0.6 is 15.9 Å². The van der Waals surface area contributed by atoms with Gasteiger partial charge < -0.3 is 14.7 Å². The summed E-state index contributed by atoms with van der Waals surface area (Å²) in [4.78, 5) is 13.0. The number of benzene rings is 1. The van der Waals surface area contributed by atoms with Gasteiger partial charge in [0.15, 0.2) is 0 Å². The summed E-state index contributed by atoms with van der Waals surface area (Å²) in [5.74, 6) is -0.601. The highest BCUT2D eigenvalue weighted by Gasteiger charge is 2.14. The summed E-state index contributed by atoms with van der Waals surface area (Å²) in [5, 5.41) is 9.03. The van der Waals surface area contributed by atoms with Gasteiger partial charge in [-0.3, -0.25) is 0 Å². The van der Waals surface area contributed by atoms with Gasteiger partial charge in [-0.2, -0.15) is 0 Å². The number of nitrogens with zero attached hydrogens (tertiary/aromatic N) is 1. The number of likely N-dealkylation sites (N-methyl/N-ethyl adjacent to an activating group) is 1. The molecule has 0 saturated heterocycles. The van der Waals surface area contributed by atoms with Crippen LogP contribution < -0.4 is 4.74 Å². The van der Waals surface area contributed by atoms with E-state index in [0.717, 1.165) is 6.54 Å². The molecule has 0 spiro atoms. The van der Waals surface area contributed by atoms with Gasteiger partial charge in [-0.15, -0.1) is 0 Å². The molecule has 0 heterocycles. The van der Waals surface area contributed by atoms with Gasteiger partial charge in [0.25, 0.3) is 0 Å². The second-order valence-electron chi connectivity index (χ2n) is 3.57. The van der Waals surface area contributed by atoms with E-state index in [1.165, 1.54) is 0 Å². The molecular formula is C11H14BrNO3. The Labute approximate surface area is 103 Å².